The Hall–Kier alpha value is -2.64. The smallest absolute Gasteiger partial charge is 0.275 e. The average molecular weight is 405 g/mol. The van der Waals surface area contributed by atoms with Crippen molar-refractivity contribution in [3.63, 3.8) is 0 Å². The van der Waals surface area contributed by atoms with Crippen molar-refractivity contribution in [2.75, 3.05) is 6.54 Å². The number of thiophene rings is 1. The summed E-state index contributed by atoms with van der Waals surface area (Å²) in [4.78, 5) is 13.4. The molecule has 3 nitrogen and oxygen atoms in total. The van der Waals surface area contributed by atoms with Crippen LogP contribution in [0, 0.1) is 17.5 Å². The van der Waals surface area contributed by atoms with Crippen LogP contribution in [0.2, 0.25) is 0 Å². The Labute approximate surface area is 165 Å². The number of nitrogens with one attached hydrogen (secondary N) is 1. The molecule has 0 radical (unpaired) electrons. The van der Waals surface area contributed by atoms with E-state index in [1.165, 1.54) is 35.6 Å². The van der Waals surface area contributed by atoms with Crippen molar-refractivity contribution in [3.8, 4) is 0 Å². The molecule has 28 heavy (non-hydrogen) atoms. The van der Waals surface area contributed by atoms with Crippen LogP contribution in [0.25, 0.3) is 0 Å². The van der Waals surface area contributed by atoms with Crippen molar-refractivity contribution in [2.24, 2.45) is 0 Å². The van der Waals surface area contributed by atoms with Crippen molar-refractivity contribution in [1.29, 1.82) is 0 Å². The minimum atomic E-state index is -0.635. The minimum absolute atomic E-state index is 0.0705. The molecule has 1 heterocycles. The van der Waals surface area contributed by atoms with E-state index in [2.05, 4.69) is 5.32 Å². The highest BCUT2D eigenvalue weighted by Crippen LogP contribution is 2.26. The molecule has 0 aliphatic rings. The number of carbonyl (C=O) groups is 1. The average Bonchev–Trinajstić information content (AvgIpc) is 3.19. The molecule has 0 spiro atoms. The number of benzene rings is 2. The van der Waals surface area contributed by atoms with E-state index in [-0.39, 0.29) is 30.4 Å². The molecule has 0 unspecified atom stereocenters. The van der Waals surface area contributed by atoms with Crippen LogP contribution in [0.1, 0.15) is 35.0 Å². The number of rotatable bonds is 7. The molecule has 146 valence electrons. The van der Waals surface area contributed by atoms with E-state index in [0.717, 1.165) is 16.5 Å². The zero-order valence-corrected chi connectivity index (χ0v) is 16.0. The fourth-order valence-electron chi connectivity index (χ4n) is 2.93. The van der Waals surface area contributed by atoms with E-state index in [0.29, 0.717) is 5.56 Å². The standard InChI is InChI=1S/C21H19F3N2OS/c1-13(17-9-8-16(23)11-18(17)24)25-12-20(27)26-21(19-3-2-10-28-19)14-4-6-15(22)7-5-14/h2-11,13,21,25H,12H2,1H3,(H,26,27)/p+1/t13-,21-/m1/s1. The molecular formula is C21H20F3N2OS+. The molecule has 0 bridgehead atoms. The van der Waals surface area contributed by atoms with Crippen molar-refractivity contribution < 1.29 is 23.3 Å². The van der Waals surface area contributed by atoms with Gasteiger partial charge in [0.25, 0.3) is 5.91 Å². The van der Waals surface area contributed by atoms with Gasteiger partial charge in [-0.15, -0.1) is 11.3 Å². The van der Waals surface area contributed by atoms with E-state index >= 15 is 0 Å². The summed E-state index contributed by atoms with van der Waals surface area (Å²) in [5.41, 5.74) is 1.11. The van der Waals surface area contributed by atoms with Crippen molar-refractivity contribution in [3.05, 3.63) is 93.4 Å². The Bertz CT molecular complexity index is 929. The van der Waals surface area contributed by atoms with Crippen molar-refractivity contribution >= 4 is 17.2 Å². The van der Waals surface area contributed by atoms with Gasteiger partial charge >= 0.3 is 0 Å². The zero-order valence-electron chi connectivity index (χ0n) is 15.2. The first-order valence-electron chi connectivity index (χ1n) is 8.80. The third-order valence-electron chi connectivity index (χ3n) is 4.45. The van der Waals surface area contributed by atoms with Crippen LogP contribution in [0.15, 0.2) is 60.0 Å². The summed E-state index contributed by atoms with van der Waals surface area (Å²) >= 11 is 1.49. The molecule has 2 aromatic carbocycles. The number of hydrogen-bond acceptors (Lipinski definition) is 2. The summed E-state index contributed by atoms with van der Waals surface area (Å²) in [7, 11) is 0. The first-order chi connectivity index (χ1) is 13.4. The second-order valence-electron chi connectivity index (χ2n) is 6.46. The highest BCUT2D eigenvalue weighted by molar-refractivity contribution is 7.10. The van der Waals surface area contributed by atoms with Gasteiger partial charge in [-0.3, -0.25) is 4.79 Å². The maximum absolute atomic E-state index is 13.9. The summed E-state index contributed by atoms with van der Waals surface area (Å²) < 4.78 is 40.2. The zero-order chi connectivity index (χ0) is 20.1. The van der Waals surface area contributed by atoms with Gasteiger partial charge in [0.2, 0.25) is 0 Å². The Balaban J connectivity index is 1.66. The molecule has 3 N–H and O–H groups in total. The predicted octanol–water partition coefficient (Wildman–Crippen LogP) is 3.70. The molecule has 1 amide bonds. The Morgan fingerprint density at radius 3 is 2.43 bits per heavy atom. The molecule has 0 aliphatic carbocycles. The summed E-state index contributed by atoms with van der Waals surface area (Å²) in [5, 5.41) is 6.54. The molecule has 0 aliphatic heterocycles. The first-order valence-corrected chi connectivity index (χ1v) is 9.68. The van der Waals surface area contributed by atoms with Crippen LogP contribution in [0.5, 0.6) is 0 Å². The summed E-state index contributed by atoms with van der Waals surface area (Å²) in [5.74, 6) is -1.85. The number of hydrogen-bond donors (Lipinski definition) is 2. The van der Waals surface area contributed by atoms with Crippen LogP contribution >= 0.6 is 11.3 Å². The van der Waals surface area contributed by atoms with Gasteiger partial charge in [-0.05, 0) is 48.2 Å². The number of quaternary nitrogens is 1. The maximum atomic E-state index is 13.9. The third kappa shape index (κ3) is 4.99. The summed E-state index contributed by atoms with van der Waals surface area (Å²) in [6.07, 6.45) is 0. The molecule has 0 saturated carbocycles. The number of amides is 1. The fraction of sp³-hybridized carbons (Fsp3) is 0.190. The summed E-state index contributed by atoms with van der Waals surface area (Å²) in [6.45, 7) is 1.82. The molecule has 0 saturated heterocycles. The van der Waals surface area contributed by atoms with Gasteiger partial charge in [0.1, 0.15) is 23.5 Å². The van der Waals surface area contributed by atoms with Crippen molar-refractivity contribution in [2.45, 2.75) is 19.0 Å². The fourth-order valence-corrected chi connectivity index (χ4v) is 3.73. The Morgan fingerprint density at radius 2 is 1.79 bits per heavy atom. The van der Waals surface area contributed by atoms with Gasteiger partial charge in [0.05, 0.1) is 6.04 Å². The second kappa shape index (κ2) is 9.03. The summed E-state index contributed by atoms with van der Waals surface area (Å²) in [6, 6.07) is 12.5. The van der Waals surface area contributed by atoms with Gasteiger partial charge < -0.3 is 10.6 Å². The molecule has 3 rings (SSSR count). The van der Waals surface area contributed by atoms with Gasteiger partial charge in [-0.25, -0.2) is 13.2 Å². The highest BCUT2D eigenvalue weighted by Gasteiger charge is 2.21. The van der Waals surface area contributed by atoms with Gasteiger partial charge in [0.15, 0.2) is 6.54 Å². The highest BCUT2D eigenvalue weighted by atomic mass is 32.1. The lowest BCUT2D eigenvalue weighted by atomic mass is 10.1. The Morgan fingerprint density at radius 1 is 1.07 bits per heavy atom. The van der Waals surface area contributed by atoms with Crippen LogP contribution in [0.3, 0.4) is 0 Å². The molecule has 0 fully saturated rings. The second-order valence-corrected chi connectivity index (χ2v) is 7.44. The number of carbonyl (C=O) groups excluding carboxylic acids is 1. The largest absolute Gasteiger partial charge is 0.339 e. The first kappa shape index (κ1) is 20.1. The minimum Gasteiger partial charge on any atom is -0.339 e. The van der Waals surface area contributed by atoms with Crippen LogP contribution in [0.4, 0.5) is 13.2 Å². The molecule has 2 atom stereocenters. The number of halogens is 3. The van der Waals surface area contributed by atoms with E-state index in [4.69, 9.17) is 0 Å². The lowest BCUT2D eigenvalue weighted by Crippen LogP contribution is -2.87. The molecule has 3 aromatic rings. The van der Waals surface area contributed by atoms with Crippen LogP contribution in [-0.4, -0.2) is 12.5 Å². The van der Waals surface area contributed by atoms with Gasteiger partial charge in [-0.2, -0.15) is 0 Å². The van der Waals surface area contributed by atoms with E-state index in [9.17, 15) is 18.0 Å². The lowest BCUT2D eigenvalue weighted by Gasteiger charge is -2.18. The third-order valence-corrected chi connectivity index (χ3v) is 5.38. The molecule has 1 aromatic heterocycles. The van der Waals surface area contributed by atoms with E-state index in [1.54, 1.807) is 24.4 Å². The maximum Gasteiger partial charge on any atom is 0.275 e. The number of nitrogens with two attached hydrogens (primary N) is 1. The molecule has 7 heteroatoms. The quantitative estimate of drug-likeness (QED) is 0.619. The van der Waals surface area contributed by atoms with Crippen molar-refractivity contribution in [1.82, 2.24) is 5.32 Å². The predicted molar refractivity (Wildman–Crippen MR) is 102 cm³/mol. The normalized spacial score (nSPS) is 13.1. The van der Waals surface area contributed by atoms with E-state index in [1.807, 2.05) is 17.5 Å². The Kier molecular flexibility index (Phi) is 6.49. The SMILES string of the molecule is C[C@@H]([NH2+]CC(=O)N[C@H](c1ccc(F)cc1)c1cccs1)c1ccc(F)cc1F. The monoisotopic (exact) mass is 405 g/mol. The molecular weight excluding hydrogens is 385 g/mol. The van der Waals surface area contributed by atoms with Crippen LogP contribution < -0.4 is 10.6 Å². The van der Waals surface area contributed by atoms with Gasteiger partial charge in [0, 0.05) is 16.5 Å². The van der Waals surface area contributed by atoms with Gasteiger partial charge in [-0.1, -0.05) is 18.2 Å². The lowest BCUT2D eigenvalue weighted by molar-refractivity contribution is -0.682. The van der Waals surface area contributed by atoms with E-state index < -0.39 is 11.6 Å². The topological polar surface area (TPSA) is 45.7 Å². The van der Waals surface area contributed by atoms with Crippen LogP contribution in [-0.2, 0) is 4.79 Å².